The van der Waals surface area contributed by atoms with Crippen LogP contribution in [0.5, 0.6) is 0 Å². The summed E-state index contributed by atoms with van der Waals surface area (Å²) in [7, 11) is 1.94. The molecule has 1 heterocycles. The normalized spacial score (nSPS) is 19.5. The number of benzene rings is 1. The molecule has 0 spiro atoms. The standard InChI is InChI=1S/C21H32ClN3O3/c1-21(2,3)19(27)20(28)25-10-9-24(4)13-17(25)18(26)8-6-14-11-16(22)7-5-15(14)12-23/h5,7,11,17,19,27H,6,8-10,12-13,23H2,1-4H3/t17-,19-/m0/s1. The van der Waals surface area contributed by atoms with Gasteiger partial charge in [-0.2, -0.15) is 0 Å². The molecule has 1 amide bonds. The van der Waals surface area contributed by atoms with Crippen molar-refractivity contribution in [3.05, 3.63) is 34.3 Å². The van der Waals surface area contributed by atoms with Gasteiger partial charge < -0.3 is 20.6 Å². The number of rotatable bonds is 6. The van der Waals surface area contributed by atoms with Crippen molar-refractivity contribution < 1.29 is 14.7 Å². The summed E-state index contributed by atoms with van der Waals surface area (Å²) in [5, 5.41) is 11.0. The number of aliphatic hydroxyl groups is 1. The Morgan fingerprint density at radius 3 is 2.57 bits per heavy atom. The molecule has 2 atom stereocenters. The number of aliphatic hydroxyl groups excluding tert-OH is 1. The van der Waals surface area contributed by atoms with Crippen LogP contribution >= 0.6 is 11.6 Å². The van der Waals surface area contributed by atoms with Crippen molar-refractivity contribution in [2.24, 2.45) is 11.1 Å². The van der Waals surface area contributed by atoms with Crippen molar-refractivity contribution in [2.75, 3.05) is 26.7 Å². The van der Waals surface area contributed by atoms with Gasteiger partial charge in [0.05, 0.1) is 0 Å². The van der Waals surface area contributed by atoms with Crippen molar-refractivity contribution in [3.63, 3.8) is 0 Å². The molecular weight excluding hydrogens is 378 g/mol. The molecule has 1 aliphatic heterocycles. The summed E-state index contributed by atoms with van der Waals surface area (Å²) in [6, 6.07) is 4.96. The summed E-state index contributed by atoms with van der Waals surface area (Å²) >= 11 is 6.09. The topological polar surface area (TPSA) is 86.9 Å². The number of amides is 1. The fourth-order valence-electron chi connectivity index (χ4n) is 3.44. The van der Waals surface area contributed by atoms with Gasteiger partial charge in [0.15, 0.2) is 5.78 Å². The van der Waals surface area contributed by atoms with Gasteiger partial charge in [0.25, 0.3) is 5.91 Å². The Labute approximate surface area is 172 Å². The minimum Gasteiger partial charge on any atom is -0.383 e. The number of halogens is 1. The lowest BCUT2D eigenvalue weighted by Crippen LogP contribution is -2.60. The second-order valence-corrected chi connectivity index (χ2v) is 9.10. The highest BCUT2D eigenvalue weighted by atomic mass is 35.5. The second-order valence-electron chi connectivity index (χ2n) is 8.66. The van der Waals surface area contributed by atoms with Gasteiger partial charge in [0, 0.05) is 37.6 Å². The molecule has 0 aliphatic carbocycles. The SMILES string of the molecule is CN1CCN(C(=O)[C@H](O)C(C)(C)C)[C@H](C(=O)CCc2cc(Cl)ccc2CN)C1. The minimum atomic E-state index is -1.14. The molecule has 0 unspecified atom stereocenters. The van der Waals surface area contributed by atoms with Crippen LogP contribution in [0.3, 0.4) is 0 Å². The van der Waals surface area contributed by atoms with Crippen LogP contribution < -0.4 is 5.73 Å². The molecule has 156 valence electrons. The Hall–Kier alpha value is -1.47. The Morgan fingerprint density at radius 1 is 1.29 bits per heavy atom. The maximum Gasteiger partial charge on any atom is 0.252 e. The molecule has 3 N–H and O–H groups in total. The molecule has 1 fully saturated rings. The highest BCUT2D eigenvalue weighted by Gasteiger charge is 2.39. The van der Waals surface area contributed by atoms with Gasteiger partial charge >= 0.3 is 0 Å². The van der Waals surface area contributed by atoms with E-state index in [0.29, 0.717) is 44.0 Å². The first-order valence-corrected chi connectivity index (χ1v) is 10.1. The molecule has 2 rings (SSSR count). The van der Waals surface area contributed by atoms with Crippen LogP contribution in [0.25, 0.3) is 0 Å². The number of aryl methyl sites for hydroxylation is 1. The third-order valence-electron chi connectivity index (χ3n) is 5.32. The first-order valence-electron chi connectivity index (χ1n) is 9.71. The van der Waals surface area contributed by atoms with Crippen LogP contribution in [0.15, 0.2) is 18.2 Å². The zero-order valence-corrected chi connectivity index (χ0v) is 18.0. The van der Waals surface area contributed by atoms with E-state index in [1.54, 1.807) is 11.0 Å². The first kappa shape index (κ1) is 22.8. The lowest BCUT2D eigenvalue weighted by molar-refractivity contribution is -0.154. The number of likely N-dealkylation sites (N-methyl/N-ethyl adjacent to an activating group) is 1. The zero-order valence-electron chi connectivity index (χ0n) is 17.2. The van der Waals surface area contributed by atoms with E-state index >= 15 is 0 Å². The van der Waals surface area contributed by atoms with Crippen LogP contribution in [0.1, 0.15) is 38.3 Å². The molecule has 1 saturated heterocycles. The summed E-state index contributed by atoms with van der Waals surface area (Å²) < 4.78 is 0. The highest BCUT2D eigenvalue weighted by Crippen LogP contribution is 2.24. The number of Topliss-reactive ketones (excluding diaryl/α,β-unsaturated/α-hetero) is 1. The Kier molecular flexibility index (Phi) is 7.62. The molecule has 6 nitrogen and oxygen atoms in total. The van der Waals surface area contributed by atoms with Gasteiger partial charge in [-0.15, -0.1) is 0 Å². The van der Waals surface area contributed by atoms with Crippen molar-refractivity contribution in [1.29, 1.82) is 0 Å². The molecule has 28 heavy (non-hydrogen) atoms. The van der Waals surface area contributed by atoms with Gasteiger partial charge in [-0.3, -0.25) is 9.59 Å². The molecule has 0 aromatic heterocycles. The lowest BCUT2D eigenvalue weighted by Gasteiger charge is -2.41. The number of carbonyl (C=O) groups is 2. The maximum absolute atomic E-state index is 13.0. The summed E-state index contributed by atoms with van der Waals surface area (Å²) in [5.41, 5.74) is 7.14. The fraction of sp³-hybridized carbons (Fsp3) is 0.619. The minimum absolute atomic E-state index is 0.0102. The van der Waals surface area contributed by atoms with Crippen LogP contribution in [0, 0.1) is 5.41 Å². The zero-order chi connectivity index (χ0) is 21.1. The summed E-state index contributed by atoms with van der Waals surface area (Å²) in [6.45, 7) is 7.42. The first-order chi connectivity index (χ1) is 13.0. The Morgan fingerprint density at radius 2 is 1.96 bits per heavy atom. The average Bonchev–Trinajstić information content (AvgIpc) is 2.64. The number of hydrogen-bond donors (Lipinski definition) is 2. The Balaban J connectivity index is 2.14. The third kappa shape index (κ3) is 5.54. The van der Waals surface area contributed by atoms with Crippen molar-refractivity contribution in [3.8, 4) is 0 Å². The van der Waals surface area contributed by atoms with E-state index in [1.165, 1.54) is 0 Å². The molecular formula is C21H32ClN3O3. The summed E-state index contributed by atoms with van der Waals surface area (Å²) in [5.74, 6) is -0.381. The van der Waals surface area contributed by atoms with Crippen molar-refractivity contribution in [2.45, 2.75) is 52.3 Å². The average molecular weight is 410 g/mol. The van der Waals surface area contributed by atoms with Gasteiger partial charge in [0.1, 0.15) is 12.1 Å². The monoisotopic (exact) mass is 409 g/mol. The van der Waals surface area contributed by atoms with Gasteiger partial charge in [0.2, 0.25) is 0 Å². The fourth-order valence-corrected chi connectivity index (χ4v) is 3.63. The van der Waals surface area contributed by atoms with E-state index in [9.17, 15) is 14.7 Å². The largest absolute Gasteiger partial charge is 0.383 e. The van der Waals surface area contributed by atoms with E-state index in [4.69, 9.17) is 17.3 Å². The predicted molar refractivity (Wildman–Crippen MR) is 111 cm³/mol. The van der Waals surface area contributed by atoms with Gasteiger partial charge in [-0.05, 0) is 42.1 Å². The molecule has 7 heteroatoms. The molecule has 0 bridgehead atoms. The van der Waals surface area contributed by atoms with E-state index in [2.05, 4.69) is 0 Å². The number of nitrogens with zero attached hydrogens (tertiary/aromatic N) is 2. The molecule has 0 saturated carbocycles. The molecule has 1 aromatic rings. The number of nitrogens with two attached hydrogens (primary N) is 1. The number of carbonyl (C=O) groups excluding carboxylic acids is 2. The van der Waals surface area contributed by atoms with Crippen molar-refractivity contribution in [1.82, 2.24) is 9.80 Å². The number of piperazine rings is 1. The van der Waals surface area contributed by atoms with Crippen LogP contribution in [-0.4, -0.2) is 65.4 Å². The van der Waals surface area contributed by atoms with E-state index in [1.807, 2.05) is 44.9 Å². The number of ketones is 1. The van der Waals surface area contributed by atoms with E-state index in [0.717, 1.165) is 11.1 Å². The lowest BCUT2D eigenvalue weighted by atomic mass is 9.87. The predicted octanol–water partition coefficient (Wildman–Crippen LogP) is 1.85. The van der Waals surface area contributed by atoms with Crippen molar-refractivity contribution >= 4 is 23.3 Å². The van der Waals surface area contributed by atoms with Crippen LogP contribution in [-0.2, 0) is 22.6 Å². The summed E-state index contributed by atoms with van der Waals surface area (Å²) in [6.07, 6.45) is -0.319. The second kappa shape index (κ2) is 9.35. The van der Waals surface area contributed by atoms with Crippen LogP contribution in [0.2, 0.25) is 5.02 Å². The quantitative estimate of drug-likeness (QED) is 0.748. The van der Waals surface area contributed by atoms with E-state index < -0.39 is 17.6 Å². The smallest absolute Gasteiger partial charge is 0.252 e. The Bertz CT molecular complexity index is 717. The van der Waals surface area contributed by atoms with Gasteiger partial charge in [-0.1, -0.05) is 38.4 Å². The number of hydrogen-bond acceptors (Lipinski definition) is 5. The van der Waals surface area contributed by atoms with Crippen LogP contribution in [0.4, 0.5) is 0 Å². The highest BCUT2D eigenvalue weighted by molar-refractivity contribution is 6.30. The molecule has 1 aliphatic rings. The molecule has 1 aromatic carbocycles. The third-order valence-corrected chi connectivity index (χ3v) is 5.56. The van der Waals surface area contributed by atoms with E-state index in [-0.39, 0.29) is 11.7 Å². The molecule has 0 radical (unpaired) electrons. The maximum atomic E-state index is 13.0. The summed E-state index contributed by atoms with van der Waals surface area (Å²) in [4.78, 5) is 29.5. The van der Waals surface area contributed by atoms with Gasteiger partial charge in [-0.25, -0.2) is 0 Å².